The van der Waals surface area contributed by atoms with Crippen molar-refractivity contribution in [3.8, 4) is 5.75 Å². The van der Waals surface area contributed by atoms with Crippen molar-refractivity contribution < 1.29 is 9.47 Å². The summed E-state index contributed by atoms with van der Waals surface area (Å²) in [5.41, 5.74) is 4.40. The van der Waals surface area contributed by atoms with Crippen molar-refractivity contribution in [3.63, 3.8) is 0 Å². The molecule has 0 aliphatic heterocycles. The molecule has 1 aromatic heterocycles. The lowest BCUT2D eigenvalue weighted by atomic mass is 10.2. The van der Waals surface area contributed by atoms with Crippen LogP contribution in [0.15, 0.2) is 42.5 Å². The highest BCUT2D eigenvalue weighted by atomic mass is 16.5. The highest BCUT2D eigenvalue weighted by Gasteiger charge is 2.00. The fraction of sp³-hybridized carbons (Fsp3) is 0.214. The zero-order chi connectivity index (χ0) is 13.5. The van der Waals surface area contributed by atoms with Gasteiger partial charge in [0.15, 0.2) is 0 Å². The predicted octanol–water partition coefficient (Wildman–Crippen LogP) is 2.09. The molecule has 100 valence electrons. The number of anilines is 1. The predicted molar refractivity (Wildman–Crippen MR) is 73.5 cm³/mol. The molecule has 0 radical (unpaired) electrons. The molecule has 0 fully saturated rings. The van der Waals surface area contributed by atoms with Crippen molar-refractivity contribution in [2.75, 3.05) is 12.5 Å². The number of hydrogen-bond acceptors (Lipinski definition) is 5. The molecule has 2 aromatic rings. The molecular formula is C14H17N3O2. The van der Waals surface area contributed by atoms with Gasteiger partial charge >= 0.3 is 0 Å². The first-order valence-corrected chi connectivity index (χ1v) is 5.95. The van der Waals surface area contributed by atoms with Crippen LogP contribution in [0.3, 0.4) is 0 Å². The number of aromatic nitrogens is 1. The number of hydrazine groups is 1. The van der Waals surface area contributed by atoms with Gasteiger partial charge in [0.1, 0.15) is 18.2 Å². The molecule has 0 amide bonds. The van der Waals surface area contributed by atoms with Gasteiger partial charge in [0.05, 0.1) is 12.3 Å². The molecule has 0 atom stereocenters. The minimum absolute atomic E-state index is 0.395. The number of ether oxygens (including phenoxy) is 2. The molecule has 0 aliphatic carbocycles. The molecule has 0 bridgehead atoms. The summed E-state index contributed by atoms with van der Waals surface area (Å²) < 4.78 is 10.8. The molecule has 0 saturated heterocycles. The molecule has 2 rings (SSSR count). The monoisotopic (exact) mass is 259 g/mol. The number of nitrogens with zero attached hydrogens (tertiary/aromatic N) is 1. The van der Waals surface area contributed by atoms with E-state index in [-0.39, 0.29) is 0 Å². The molecule has 5 heteroatoms. The minimum Gasteiger partial charge on any atom is -0.487 e. The lowest BCUT2D eigenvalue weighted by Gasteiger charge is -2.08. The Morgan fingerprint density at radius 3 is 2.79 bits per heavy atom. The summed E-state index contributed by atoms with van der Waals surface area (Å²) in [4.78, 5) is 4.28. The minimum atomic E-state index is 0.395. The number of nitrogens with one attached hydrogen (secondary N) is 1. The third-order valence-electron chi connectivity index (χ3n) is 2.55. The first kappa shape index (κ1) is 13.3. The molecule has 5 nitrogen and oxygen atoms in total. The first-order chi connectivity index (χ1) is 9.31. The molecule has 0 spiro atoms. The van der Waals surface area contributed by atoms with E-state index in [0.717, 1.165) is 17.0 Å². The van der Waals surface area contributed by atoms with Crippen LogP contribution in [0, 0.1) is 0 Å². The van der Waals surface area contributed by atoms with E-state index in [1.54, 1.807) is 13.2 Å². The van der Waals surface area contributed by atoms with Crippen LogP contribution in [0.2, 0.25) is 0 Å². The van der Waals surface area contributed by atoms with Crippen molar-refractivity contribution in [3.05, 3.63) is 53.7 Å². The molecule has 1 heterocycles. The van der Waals surface area contributed by atoms with Crippen LogP contribution < -0.4 is 16.0 Å². The van der Waals surface area contributed by atoms with E-state index < -0.39 is 0 Å². The average molecular weight is 259 g/mol. The Bertz CT molecular complexity index is 532. The second-order valence-corrected chi connectivity index (χ2v) is 4.03. The van der Waals surface area contributed by atoms with Crippen molar-refractivity contribution in [1.82, 2.24) is 4.98 Å². The van der Waals surface area contributed by atoms with Crippen molar-refractivity contribution in [2.24, 2.45) is 5.84 Å². The molecule has 19 heavy (non-hydrogen) atoms. The lowest BCUT2D eigenvalue weighted by molar-refractivity contribution is 0.184. The summed E-state index contributed by atoms with van der Waals surface area (Å²) in [7, 11) is 1.67. The van der Waals surface area contributed by atoms with Gasteiger partial charge in [-0.25, -0.2) is 10.8 Å². The third kappa shape index (κ3) is 3.94. The highest BCUT2D eigenvalue weighted by molar-refractivity contribution is 5.33. The van der Waals surface area contributed by atoms with Gasteiger partial charge in [0, 0.05) is 7.11 Å². The summed E-state index contributed by atoms with van der Waals surface area (Å²) in [5.74, 6) is 6.73. The number of methoxy groups -OCH3 is 1. The van der Waals surface area contributed by atoms with Gasteiger partial charge in [-0.15, -0.1) is 0 Å². The van der Waals surface area contributed by atoms with Crippen molar-refractivity contribution in [2.45, 2.75) is 13.2 Å². The number of pyridine rings is 1. The number of rotatable bonds is 6. The smallest absolute Gasteiger partial charge is 0.140 e. The summed E-state index contributed by atoms with van der Waals surface area (Å²) >= 11 is 0. The van der Waals surface area contributed by atoms with E-state index >= 15 is 0 Å². The van der Waals surface area contributed by atoms with E-state index in [1.807, 2.05) is 36.4 Å². The van der Waals surface area contributed by atoms with E-state index in [9.17, 15) is 0 Å². The van der Waals surface area contributed by atoms with Crippen LogP contribution in [-0.4, -0.2) is 12.1 Å². The zero-order valence-electron chi connectivity index (χ0n) is 10.8. The fourth-order valence-electron chi connectivity index (χ4n) is 1.69. The molecular weight excluding hydrogens is 242 g/mol. The third-order valence-corrected chi connectivity index (χ3v) is 2.55. The molecule has 0 unspecified atom stereocenters. The lowest BCUT2D eigenvalue weighted by Crippen LogP contribution is -2.09. The van der Waals surface area contributed by atoms with Crippen LogP contribution in [0.4, 0.5) is 5.82 Å². The molecule has 0 aliphatic rings. The van der Waals surface area contributed by atoms with Gasteiger partial charge in [-0.3, -0.25) is 0 Å². The van der Waals surface area contributed by atoms with Crippen LogP contribution in [0.1, 0.15) is 11.3 Å². The maximum absolute atomic E-state index is 5.69. The van der Waals surface area contributed by atoms with Gasteiger partial charge in [0.2, 0.25) is 0 Å². The Labute approximate surface area is 112 Å². The highest BCUT2D eigenvalue weighted by Crippen LogP contribution is 2.15. The van der Waals surface area contributed by atoms with Gasteiger partial charge in [-0.2, -0.15) is 0 Å². The Hall–Kier alpha value is -2.11. The Morgan fingerprint density at radius 2 is 2.00 bits per heavy atom. The average Bonchev–Trinajstić information content (AvgIpc) is 2.46. The quantitative estimate of drug-likeness (QED) is 0.614. The second kappa shape index (κ2) is 6.72. The standard InChI is InChI=1S/C14H17N3O2/c1-18-9-11-4-2-6-13(8-11)19-10-12-5-3-7-14(16-12)17-15/h2-8H,9-10,15H2,1H3,(H,16,17). The van der Waals surface area contributed by atoms with Gasteiger partial charge in [-0.05, 0) is 29.8 Å². The van der Waals surface area contributed by atoms with Gasteiger partial charge in [0.25, 0.3) is 0 Å². The van der Waals surface area contributed by atoms with E-state index in [2.05, 4.69) is 10.4 Å². The number of hydrogen-bond donors (Lipinski definition) is 2. The van der Waals surface area contributed by atoms with Crippen LogP contribution >= 0.6 is 0 Å². The summed E-state index contributed by atoms with van der Waals surface area (Å²) in [6.07, 6.45) is 0. The topological polar surface area (TPSA) is 69.4 Å². The fourth-order valence-corrected chi connectivity index (χ4v) is 1.69. The zero-order valence-corrected chi connectivity index (χ0v) is 10.8. The Kier molecular flexibility index (Phi) is 4.72. The first-order valence-electron chi connectivity index (χ1n) is 5.95. The van der Waals surface area contributed by atoms with Crippen molar-refractivity contribution in [1.29, 1.82) is 0 Å². The van der Waals surface area contributed by atoms with Crippen LogP contribution in [0.5, 0.6) is 5.75 Å². The normalized spacial score (nSPS) is 10.2. The summed E-state index contributed by atoms with van der Waals surface area (Å²) in [5, 5.41) is 0. The van der Waals surface area contributed by atoms with Crippen LogP contribution in [-0.2, 0) is 18.0 Å². The maximum atomic E-state index is 5.69. The molecule has 1 aromatic carbocycles. The number of benzene rings is 1. The van der Waals surface area contributed by atoms with Crippen molar-refractivity contribution >= 4 is 5.82 Å². The SMILES string of the molecule is COCc1cccc(OCc2cccc(NN)n2)c1. The van der Waals surface area contributed by atoms with Gasteiger partial charge in [-0.1, -0.05) is 18.2 Å². The number of nitrogens with two attached hydrogens (primary N) is 1. The number of nitrogen functional groups attached to an aromatic ring is 1. The Morgan fingerprint density at radius 1 is 1.16 bits per heavy atom. The van der Waals surface area contributed by atoms with E-state index in [1.165, 1.54) is 0 Å². The van der Waals surface area contributed by atoms with Crippen LogP contribution in [0.25, 0.3) is 0 Å². The maximum Gasteiger partial charge on any atom is 0.140 e. The molecule has 0 saturated carbocycles. The Balaban J connectivity index is 1.99. The van der Waals surface area contributed by atoms with E-state index in [4.69, 9.17) is 15.3 Å². The summed E-state index contributed by atoms with van der Waals surface area (Å²) in [6, 6.07) is 13.4. The van der Waals surface area contributed by atoms with E-state index in [0.29, 0.717) is 19.0 Å². The van der Waals surface area contributed by atoms with Gasteiger partial charge < -0.3 is 14.9 Å². The second-order valence-electron chi connectivity index (χ2n) is 4.03. The summed E-state index contributed by atoms with van der Waals surface area (Å²) in [6.45, 7) is 0.966. The molecule has 3 N–H and O–H groups in total. The largest absolute Gasteiger partial charge is 0.487 e.